The van der Waals surface area contributed by atoms with Gasteiger partial charge in [-0.3, -0.25) is 4.99 Å². The van der Waals surface area contributed by atoms with Crippen LogP contribution in [0.15, 0.2) is 45.9 Å². The highest BCUT2D eigenvalue weighted by atomic mass is 16.5. The molecule has 1 aliphatic heterocycles. The highest BCUT2D eigenvalue weighted by Gasteiger charge is 2.23. The van der Waals surface area contributed by atoms with Crippen molar-refractivity contribution in [1.29, 1.82) is 0 Å². The molecule has 24 heavy (non-hydrogen) atoms. The van der Waals surface area contributed by atoms with E-state index in [0.29, 0.717) is 12.6 Å². The lowest BCUT2D eigenvalue weighted by atomic mass is 10.2. The summed E-state index contributed by atoms with van der Waals surface area (Å²) in [6.45, 7) is 4.68. The van der Waals surface area contributed by atoms with Gasteiger partial charge in [-0.1, -0.05) is 30.3 Å². The molecule has 0 amide bonds. The zero-order valence-electron chi connectivity index (χ0n) is 14.3. The first-order valence-corrected chi connectivity index (χ1v) is 8.50. The van der Waals surface area contributed by atoms with Crippen LogP contribution in [0.25, 0.3) is 0 Å². The molecule has 1 atom stereocenters. The molecule has 1 aromatic carbocycles. The number of aromatic nitrogens is 1. The second-order valence-corrected chi connectivity index (χ2v) is 5.98. The molecule has 1 fully saturated rings. The third kappa shape index (κ3) is 4.07. The zero-order chi connectivity index (χ0) is 16.8. The molecule has 6 heteroatoms. The standard InChI is InChI=1S/C18H25N5O/c1-3-14-11-17(24-22-14)12-20-18(19-2)21-15-9-10-23(13-15)16-7-5-4-6-8-16/h4-8,11,15H,3,9-10,12-13H2,1-2H3,(H2,19,20,21). The van der Waals surface area contributed by atoms with Gasteiger partial charge in [0.25, 0.3) is 0 Å². The number of anilines is 1. The molecular weight excluding hydrogens is 302 g/mol. The molecule has 0 aliphatic carbocycles. The Morgan fingerprint density at radius 1 is 1.38 bits per heavy atom. The average Bonchev–Trinajstić information content (AvgIpc) is 3.28. The van der Waals surface area contributed by atoms with Crippen LogP contribution in [0.1, 0.15) is 24.8 Å². The summed E-state index contributed by atoms with van der Waals surface area (Å²) in [5, 5.41) is 10.8. The molecule has 1 unspecified atom stereocenters. The van der Waals surface area contributed by atoms with Crippen LogP contribution in [0.3, 0.4) is 0 Å². The highest BCUT2D eigenvalue weighted by Crippen LogP contribution is 2.19. The third-order valence-corrected chi connectivity index (χ3v) is 4.27. The van der Waals surface area contributed by atoms with Gasteiger partial charge in [-0.15, -0.1) is 0 Å². The number of nitrogens with one attached hydrogen (secondary N) is 2. The molecule has 3 rings (SSSR count). The molecule has 1 aromatic heterocycles. The minimum atomic E-state index is 0.386. The van der Waals surface area contributed by atoms with Crippen molar-refractivity contribution in [2.45, 2.75) is 32.4 Å². The van der Waals surface area contributed by atoms with Crippen LogP contribution in [0, 0.1) is 0 Å². The van der Waals surface area contributed by atoms with Crippen LogP contribution in [0.4, 0.5) is 5.69 Å². The number of aliphatic imine (C=N–C) groups is 1. The lowest BCUT2D eigenvalue weighted by molar-refractivity contribution is 0.374. The lowest BCUT2D eigenvalue weighted by Crippen LogP contribution is -2.44. The minimum absolute atomic E-state index is 0.386. The Kier molecular flexibility index (Phi) is 5.36. The molecule has 0 saturated carbocycles. The lowest BCUT2D eigenvalue weighted by Gasteiger charge is -2.20. The Labute approximate surface area is 142 Å². The fraction of sp³-hybridized carbons (Fsp3) is 0.444. The number of para-hydroxylation sites is 1. The monoisotopic (exact) mass is 327 g/mol. The minimum Gasteiger partial charge on any atom is -0.369 e. The number of benzene rings is 1. The zero-order valence-corrected chi connectivity index (χ0v) is 14.3. The third-order valence-electron chi connectivity index (χ3n) is 4.27. The van der Waals surface area contributed by atoms with Crippen molar-refractivity contribution in [3.8, 4) is 0 Å². The molecule has 6 nitrogen and oxygen atoms in total. The van der Waals surface area contributed by atoms with Crippen LogP contribution in [0.2, 0.25) is 0 Å². The maximum Gasteiger partial charge on any atom is 0.191 e. The van der Waals surface area contributed by atoms with E-state index in [1.165, 1.54) is 5.69 Å². The largest absolute Gasteiger partial charge is 0.369 e. The second-order valence-electron chi connectivity index (χ2n) is 5.98. The van der Waals surface area contributed by atoms with Gasteiger partial charge in [0.05, 0.1) is 12.2 Å². The smallest absolute Gasteiger partial charge is 0.191 e. The highest BCUT2D eigenvalue weighted by molar-refractivity contribution is 5.80. The topological polar surface area (TPSA) is 65.7 Å². The second kappa shape index (κ2) is 7.86. The molecular formula is C18H25N5O. The van der Waals surface area contributed by atoms with Crippen molar-refractivity contribution >= 4 is 11.6 Å². The van der Waals surface area contributed by atoms with Crippen molar-refractivity contribution in [2.24, 2.45) is 4.99 Å². The SMILES string of the molecule is CCc1cc(CNC(=NC)NC2CCN(c3ccccc3)C2)on1. The van der Waals surface area contributed by atoms with E-state index < -0.39 is 0 Å². The number of aryl methyl sites for hydroxylation is 1. The normalized spacial score (nSPS) is 18.0. The summed E-state index contributed by atoms with van der Waals surface area (Å²) >= 11 is 0. The van der Waals surface area contributed by atoms with Crippen LogP contribution >= 0.6 is 0 Å². The van der Waals surface area contributed by atoms with E-state index in [4.69, 9.17) is 4.52 Å². The Morgan fingerprint density at radius 2 is 2.21 bits per heavy atom. The van der Waals surface area contributed by atoms with Gasteiger partial charge in [-0.25, -0.2) is 0 Å². The molecule has 1 saturated heterocycles. The predicted octanol–water partition coefficient (Wildman–Crippen LogP) is 2.18. The van der Waals surface area contributed by atoms with Gasteiger partial charge in [-0.05, 0) is 25.0 Å². The van der Waals surface area contributed by atoms with E-state index in [9.17, 15) is 0 Å². The van der Waals surface area contributed by atoms with E-state index in [2.05, 4.69) is 62.9 Å². The number of nitrogens with zero attached hydrogens (tertiary/aromatic N) is 3. The Morgan fingerprint density at radius 3 is 2.92 bits per heavy atom. The van der Waals surface area contributed by atoms with Crippen molar-refractivity contribution in [1.82, 2.24) is 15.8 Å². The molecule has 2 aromatic rings. The summed E-state index contributed by atoms with van der Waals surface area (Å²) in [7, 11) is 1.79. The predicted molar refractivity (Wildman–Crippen MR) is 96.3 cm³/mol. The molecule has 0 spiro atoms. The molecule has 0 radical (unpaired) electrons. The van der Waals surface area contributed by atoms with E-state index in [1.807, 2.05) is 6.07 Å². The summed E-state index contributed by atoms with van der Waals surface area (Å²) in [4.78, 5) is 6.70. The van der Waals surface area contributed by atoms with Crippen LogP contribution in [0.5, 0.6) is 0 Å². The summed E-state index contributed by atoms with van der Waals surface area (Å²) in [6.07, 6.45) is 1.98. The summed E-state index contributed by atoms with van der Waals surface area (Å²) in [6, 6.07) is 12.9. The van der Waals surface area contributed by atoms with Gasteiger partial charge in [0.1, 0.15) is 0 Å². The van der Waals surface area contributed by atoms with Gasteiger partial charge in [0.2, 0.25) is 0 Å². The van der Waals surface area contributed by atoms with E-state index in [-0.39, 0.29) is 0 Å². The van der Waals surface area contributed by atoms with Gasteiger partial charge >= 0.3 is 0 Å². The van der Waals surface area contributed by atoms with Gasteiger partial charge in [0, 0.05) is 37.9 Å². The van der Waals surface area contributed by atoms with Crippen molar-refractivity contribution in [2.75, 3.05) is 25.0 Å². The number of hydrogen-bond acceptors (Lipinski definition) is 4. The first-order chi connectivity index (χ1) is 11.8. The van der Waals surface area contributed by atoms with Crippen molar-refractivity contribution in [3.05, 3.63) is 47.9 Å². The first kappa shape index (κ1) is 16.4. The maximum atomic E-state index is 5.29. The fourth-order valence-corrected chi connectivity index (χ4v) is 2.92. The van der Waals surface area contributed by atoms with Crippen LogP contribution in [-0.4, -0.2) is 37.3 Å². The maximum absolute atomic E-state index is 5.29. The summed E-state index contributed by atoms with van der Waals surface area (Å²) in [5.74, 6) is 1.62. The number of rotatable bonds is 5. The number of guanidine groups is 1. The average molecular weight is 327 g/mol. The van der Waals surface area contributed by atoms with Crippen molar-refractivity contribution in [3.63, 3.8) is 0 Å². The Hall–Kier alpha value is -2.50. The first-order valence-electron chi connectivity index (χ1n) is 8.50. The Balaban J connectivity index is 1.49. The van der Waals surface area contributed by atoms with E-state index in [1.54, 1.807) is 7.05 Å². The van der Waals surface area contributed by atoms with Crippen molar-refractivity contribution < 1.29 is 4.52 Å². The molecule has 128 valence electrons. The van der Waals surface area contributed by atoms with Gasteiger partial charge in [-0.2, -0.15) is 0 Å². The summed E-state index contributed by atoms with van der Waals surface area (Å²) < 4.78 is 5.29. The fourth-order valence-electron chi connectivity index (χ4n) is 2.92. The van der Waals surface area contributed by atoms with E-state index in [0.717, 1.165) is 43.3 Å². The molecule has 2 N–H and O–H groups in total. The quantitative estimate of drug-likeness (QED) is 0.651. The van der Waals surface area contributed by atoms with Crippen LogP contribution < -0.4 is 15.5 Å². The molecule has 0 bridgehead atoms. The Bertz CT molecular complexity index is 667. The molecule has 1 aliphatic rings. The van der Waals surface area contributed by atoms with Gasteiger partial charge in [0.15, 0.2) is 11.7 Å². The van der Waals surface area contributed by atoms with Crippen LogP contribution in [-0.2, 0) is 13.0 Å². The molecule has 2 heterocycles. The van der Waals surface area contributed by atoms with Gasteiger partial charge < -0.3 is 20.1 Å². The number of hydrogen-bond donors (Lipinski definition) is 2. The van der Waals surface area contributed by atoms with E-state index >= 15 is 0 Å². The summed E-state index contributed by atoms with van der Waals surface area (Å²) in [5.41, 5.74) is 2.25.